The first-order valence-corrected chi connectivity index (χ1v) is 6.73. The number of amides is 2. The molecule has 0 aromatic heterocycles. The molecule has 0 aliphatic carbocycles. The van der Waals surface area contributed by atoms with E-state index in [0.717, 1.165) is 32.5 Å². The summed E-state index contributed by atoms with van der Waals surface area (Å²) in [5, 5.41) is 5.65. The number of carbonyl (C=O) groups is 1. The van der Waals surface area contributed by atoms with Crippen LogP contribution in [0.5, 0.6) is 0 Å². The van der Waals surface area contributed by atoms with Gasteiger partial charge < -0.3 is 15.5 Å². The van der Waals surface area contributed by atoms with Crippen molar-refractivity contribution in [3.8, 4) is 0 Å². The quantitative estimate of drug-likeness (QED) is 0.878. The number of benzene rings is 1. The second kappa shape index (κ2) is 6.52. The van der Waals surface area contributed by atoms with E-state index < -0.39 is 0 Å². The zero-order chi connectivity index (χ0) is 13.7. The molecule has 19 heavy (non-hydrogen) atoms. The van der Waals surface area contributed by atoms with Gasteiger partial charge in [-0.1, -0.05) is 6.92 Å². The van der Waals surface area contributed by atoms with Gasteiger partial charge in [-0.15, -0.1) is 0 Å². The van der Waals surface area contributed by atoms with Crippen LogP contribution in [0.3, 0.4) is 0 Å². The van der Waals surface area contributed by atoms with Crippen LogP contribution in [0.4, 0.5) is 14.9 Å². The van der Waals surface area contributed by atoms with Crippen molar-refractivity contribution in [2.24, 2.45) is 0 Å². The van der Waals surface area contributed by atoms with E-state index in [9.17, 15) is 9.18 Å². The summed E-state index contributed by atoms with van der Waals surface area (Å²) in [6.45, 7) is 5.18. The Hall–Kier alpha value is -1.62. The third-order valence-electron chi connectivity index (χ3n) is 3.25. The summed E-state index contributed by atoms with van der Waals surface area (Å²) in [5.41, 5.74) is 0.599. The smallest absolute Gasteiger partial charge is 0.319 e. The van der Waals surface area contributed by atoms with Crippen molar-refractivity contribution in [1.82, 2.24) is 10.2 Å². The zero-order valence-electron chi connectivity index (χ0n) is 11.2. The van der Waals surface area contributed by atoms with Crippen molar-refractivity contribution < 1.29 is 9.18 Å². The van der Waals surface area contributed by atoms with E-state index >= 15 is 0 Å². The number of hydrogen-bond acceptors (Lipinski definition) is 2. The molecule has 2 rings (SSSR count). The number of carbonyl (C=O) groups excluding carboxylic acids is 1. The molecule has 1 fully saturated rings. The number of rotatable bonds is 4. The van der Waals surface area contributed by atoms with Crippen molar-refractivity contribution in [3.63, 3.8) is 0 Å². The predicted octanol–water partition coefficient (Wildman–Crippen LogP) is 2.43. The van der Waals surface area contributed by atoms with Crippen molar-refractivity contribution in [2.45, 2.75) is 25.8 Å². The molecule has 1 aromatic carbocycles. The Morgan fingerprint density at radius 2 is 2.16 bits per heavy atom. The fourth-order valence-electron chi connectivity index (χ4n) is 2.36. The number of halogens is 1. The maximum atomic E-state index is 12.7. The Kier molecular flexibility index (Phi) is 4.74. The summed E-state index contributed by atoms with van der Waals surface area (Å²) in [7, 11) is 0. The third kappa shape index (κ3) is 4.21. The van der Waals surface area contributed by atoms with E-state index in [1.165, 1.54) is 12.1 Å². The summed E-state index contributed by atoms with van der Waals surface area (Å²) in [6, 6.07) is 5.73. The van der Waals surface area contributed by atoms with Gasteiger partial charge in [-0.05, 0) is 43.7 Å². The normalized spacial score (nSPS) is 19.4. The van der Waals surface area contributed by atoms with Gasteiger partial charge >= 0.3 is 6.03 Å². The lowest BCUT2D eigenvalue weighted by Gasteiger charge is -2.16. The van der Waals surface area contributed by atoms with E-state index in [2.05, 4.69) is 22.5 Å². The first kappa shape index (κ1) is 13.8. The molecule has 2 amide bonds. The molecule has 1 aliphatic rings. The molecule has 1 heterocycles. The molecule has 0 radical (unpaired) electrons. The first-order chi connectivity index (χ1) is 9.17. The Bertz CT molecular complexity index is 421. The molecule has 104 valence electrons. The molecule has 0 bridgehead atoms. The van der Waals surface area contributed by atoms with Gasteiger partial charge in [0.25, 0.3) is 0 Å². The molecule has 0 saturated carbocycles. The minimum atomic E-state index is -0.308. The molecule has 0 spiro atoms. The van der Waals surface area contributed by atoms with Crippen LogP contribution in [-0.4, -0.2) is 36.6 Å². The Balaban J connectivity index is 1.77. The van der Waals surface area contributed by atoms with Crippen LogP contribution in [0.15, 0.2) is 24.3 Å². The predicted molar refractivity (Wildman–Crippen MR) is 73.7 cm³/mol. The van der Waals surface area contributed by atoms with Crippen molar-refractivity contribution in [3.05, 3.63) is 30.1 Å². The number of nitrogens with zero attached hydrogens (tertiary/aromatic N) is 1. The van der Waals surface area contributed by atoms with E-state index in [1.54, 1.807) is 12.1 Å². The van der Waals surface area contributed by atoms with Gasteiger partial charge in [0.1, 0.15) is 5.82 Å². The van der Waals surface area contributed by atoms with Crippen LogP contribution in [0.2, 0.25) is 0 Å². The van der Waals surface area contributed by atoms with Crippen LogP contribution in [0, 0.1) is 5.82 Å². The Labute approximate surface area is 113 Å². The molecule has 1 aromatic rings. The molecule has 2 N–H and O–H groups in total. The third-order valence-corrected chi connectivity index (χ3v) is 3.25. The summed E-state index contributed by atoms with van der Waals surface area (Å²) in [4.78, 5) is 14.1. The van der Waals surface area contributed by atoms with Crippen molar-refractivity contribution in [2.75, 3.05) is 25.0 Å². The average Bonchev–Trinajstić information content (AvgIpc) is 2.80. The van der Waals surface area contributed by atoms with Gasteiger partial charge in [-0.2, -0.15) is 0 Å². The monoisotopic (exact) mass is 265 g/mol. The number of nitrogens with one attached hydrogen (secondary N) is 2. The summed E-state index contributed by atoms with van der Waals surface area (Å²) >= 11 is 0. The fourth-order valence-corrected chi connectivity index (χ4v) is 2.36. The number of hydrogen-bond donors (Lipinski definition) is 2. The Morgan fingerprint density at radius 1 is 1.42 bits per heavy atom. The number of likely N-dealkylation sites (tertiary alicyclic amines) is 1. The van der Waals surface area contributed by atoms with Crippen molar-refractivity contribution in [1.29, 1.82) is 0 Å². The fraction of sp³-hybridized carbons (Fsp3) is 0.500. The standard InChI is InChI=1S/C14H20FN3O/c1-2-8-18-9-7-13(10-18)17-14(19)16-12-5-3-11(15)4-6-12/h3-6,13H,2,7-10H2,1H3,(H2,16,17,19)/t13-/m1/s1. The molecule has 1 saturated heterocycles. The van der Waals surface area contributed by atoms with Crippen LogP contribution in [0.25, 0.3) is 0 Å². The highest BCUT2D eigenvalue weighted by molar-refractivity contribution is 5.89. The van der Waals surface area contributed by atoms with E-state index in [4.69, 9.17) is 0 Å². The van der Waals surface area contributed by atoms with Gasteiger partial charge in [-0.25, -0.2) is 9.18 Å². The molecule has 1 aliphatic heterocycles. The lowest BCUT2D eigenvalue weighted by atomic mass is 10.3. The zero-order valence-corrected chi connectivity index (χ0v) is 11.2. The summed E-state index contributed by atoms with van der Waals surface area (Å²) in [5.74, 6) is -0.308. The van der Waals surface area contributed by atoms with E-state index in [0.29, 0.717) is 5.69 Å². The van der Waals surface area contributed by atoms with Gasteiger partial charge in [-0.3, -0.25) is 0 Å². The molecule has 5 heteroatoms. The molecular formula is C14H20FN3O. The van der Waals surface area contributed by atoms with Crippen LogP contribution in [0.1, 0.15) is 19.8 Å². The Morgan fingerprint density at radius 3 is 2.84 bits per heavy atom. The van der Waals surface area contributed by atoms with Gasteiger partial charge in [0.2, 0.25) is 0 Å². The SMILES string of the molecule is CCCN1CC[C@@H](NC(=O)Nc2ccc(F)cc2)C1. The van der Waals surface area contributed by atoms with Crippen LogP contribution in [-0.2, 0) is 0 Å². The number of urea groups is 1. The van der Waals surface area contributed by atoms with E-state index in [-0.39, 0.29) is 17.9 Å². The topological polar surface area (TPSA) is 44.4 Å². The van der Waals surface area contributed by atoms with Crippen LogP contribution < -0.4 is 10.6 Å². The lowest BCUT2D eigenvalue weighted by Crippen LogP contribution is -2.39. The molecule has 1 atom stereocenters. The second-order valence-corrected chi connectivity index (χ2v) is 4.89. The van der Waals surface area contributed by atoms with Crippen molar-refractivity contribution >= 4 is 11.7 Å². The highest BCUT2D eigenvalue weighted by atomic mass is 19.1. The maximum Gasteiger partial charge on any atom is 0.319 e. The average molecular weight is 265 g/mol. The first-order valence-electron chi connectivity index (χ1n) is 6.73. The highest BCUT2D eigenvalue weighted by Crippen LogP contribution is 2.11. The van der Waals surface area contributed by atoms with E-state index in [1.807, 2.05) is 0 Å². The molecular weight excluding hydrogens is 245 g/mol. The van der Waals surface area contributed by atoms with Crippen LogP contribution >= 0.6 is 0 Å². The largest absolute Gasteiger partial charge is 0.334 e. The second-order valence-electron chi connectivity index (χ2n) is 4.89. The maximum absolute atomic E-state index is 12.7. The molecule has 4 nitrogen and oxygen atoms in total. The summed E-state index contributed by atoms with van der Waals surface area (Å²) < 4.78 is 12.7. The lowest BCUT2D eigenvalue weighted by molar-refractivity contribution is 0.247. The molecule has 0 unspecified atom stereocenters. The summed E-state index contributed by atoms with van der Waals surface area (Å²) in [6.07, 6.45) is 2.12. The highest BCUT2D eigenvalue weighted by Gasteiger charge is 2.22. The van der Waals surface area contributed by atoms with Gasteiger partial charge in [0, 0.05) is 24.8 Å². The number of anilines is 1. The van der Waals surface area contributed by atoms with Gasteiger partial charge in [0.05, 0.1) is 0 Å². The minimum Gasteiger partial charge on any atom is -0.334 e. The van der Waals surface area contributed by atoms with Gasteiger partial charge in [0.15, 0.2) is 0 Å². The minimum absolute atomic E-state index is 0.201.